The Bertz CT molecular complexity index is 168. The monoisotopic (exact) mass is 228 g/mol. The van der Waals surface area contributed by atoms with Gasteiger partial charge in [0.25, 0.3) is 0 Å². The van der Waals surface area contributed by atoms with Crippen LogP contribution in [0, 0.1) is 0 Å². The minimum absolute atomic E-state index is 0. The Morgan fingerprint density at radius 1 is 1.31 bits per heavy atom. The third-order valence-corrected chi connectivity index (χ3v) is 1.64. The molecule has 0 aromatic carbocycles. The van der Waals surface area contributed by atoms with Gasteiger partial charge in [-0.2, -0.15) is 0 Å². The molecule has 0 heterocycles. The van der Waals surface area contributed by atoms with Crippen LogP contribution in [0.5, 0.6) is 0 Å². The molecule has 0 spiro atoms. The molecule has 0 fully saturated rings. The molecule has 0 amide bonds. The molecular weight excluding hydrogens is 212 g/mol. The predicted octanol–water partition coefficient (Wildman–Crippen LogP) is 1.69. The molecule has 0 aliphatic carbocycles. The van der Waals surface area contributed by atoms with Gasteiger partial charge in [-0.05, 0) is 13.3 Å². The van der Waals surface area contributed by atoms with Gasteiger partial charge in [-0.1, -0.05) is 13.8 Å². The second kappa shape index (κ2) is 8.27. The number of hydrogen-bond acceptors (Lipinski definition) is 3. The molecule has 0 aromatic rings. The van der Waals surface area contributed by atoms with E-state index in [4.69, 9.17) is 4.74 Å². The SMILES string of the molecule is CCC(=O)CC(=O)OC(C)CC.[Fe]. The molecule has 0 radical (unpaired) electrons. The van der Waals surface area contributed by atoms with E-state index in [1.165, 1.54) is 0 Å². The van der Waals surface area contributed by atoms with Gasteiger partial charge in [0.15, 0.2) is 0 Å². The van der Waals surface area contributed by atoms with Gasteiger partial charge in [0, 0.05) is 23.5 Å². The molecular formula is C9H16FeO3. The summed E-state index contributed by atoms with van der Waals surface area (Å²) in [7, 11) is 0. The smallest absolute Gasteiger partial charge is 0.313 e. The summed E-state index contributed by atoms with van der Waals surface area (Å²) in [6, 6.07) is 0. The molecule has 0 aliphatic rings. The van der Waals surface area contributed by atoms with E-state index in [1.54, 1.807) is 6.92 Å². The van der Waals surface area contributed by atoms with Gasteiger partial charge in [-0.25, -0.2) is 0 Å². The topological polar surface area (TPSA) is 43.4 Å². The zero-order valence-electron chi connectivity index (χ0n) is 8.28. The normalized spacial score (nSPS) is 11.3. The zero-order chi connectivity index (χ0) is 9.56. The molecule has 0 N–H and O–H groups in total. The van der Waals surface area contributed by atoms with Crippen molar-refractivity contribution in [1.82, 2.24) is 0 Å². The van der Waals surface area contributed by atoms with Crippen LogP contribution in [0.2, 0.25) is 0 Å². The summed E-state index contributed by atoms with van der Waals surface area (Å²) >= 11 is 0. The number of hydrogen-bond donors (Lipinski definition) is 0. The Labute approximate surface area is 89.7 Å². The quantitative estimate of drug-likeness (QED) is 0.408. The van der Waals surface area contributed by atoms with Crippen LogP contribution in [0.15, 0.2) is 0 Å². The van der Waals surface area contributed by atoms with Crippen LogP contribution in [0.1, 0.15) is 40.0 Å². The van der Waals surface area contributed by atoms with Gasteiger partial charge < -0.3 is 4.74 Å². The standard InChI is InChI=1S/C9H16O3.Fe/c1-4-7(3)12-9(11)6-8(10)5-2;/h7H,4-6H2,1-3H3;. The van der Waals surface area contributed by atoms with Crippen LogP contribution < -0.4 is 0 Å². The van der Waals surface area contributed by atoms with Crippen molar-refractivity contribution < 1.29 is 31.4 Å². The van der Waals surface area contributed by atoms with E-state index in [0.717, 1.165) is 6.42 Å². The van der Waals surface area contributed by atoms with E-state index in [2.05, 4.69) is 0 Å². The van der Waals surface area contributed by atoms with E-state index in [9.17, 15) is 9.59 Å². The Morgan fingerprint density at radius 2 is 1.85 bits per heavy atom. The van der Waals surface area contributed by atoms with Crippen molar-refractivity contribution in [1.29, 1.82) is 0 Å². The van der Waals surface area contributed by atoms with Crippen LogP contribution in [0.3, 0.4) is 0 Å². The minimum atomic E-state index is -0.406. The fraction of sp³-hybridized carbons (Fsp3) is 0.778. The van der Waals surface area contributed by atoms with Crippen molar-refractivity contribution >= 4 is 11.8 Å². The molecule has 3 nitrogen and oxygen atoms in total. The van der Waals surface area contributed by atoms with Crippen molar-refractivity contribution in [3.63, 3.8) is 0 Å². The summed E-state index contributed by atoms with van der Waals surface area (Å²) in [6.45, 7) is 5.48. The fourth-order valence-electron chi connectivity index (χ4n) is 0.635. The van der Waals surface area contributed by atoms with Crippen LogP contribution in [0.4, 0.5) is 0 Å². The molecule has 4 heteroatoms. The Kier molecular flexibility index (Phi) is 9.63. The third kappa shape index (κ3) is 8.00. The van der Waals surface area contributed by atoms with E-state index >= 15 is 0 Å². The van der Waals surface area contributed by atoms with Crippen molar-refractivity contribution in [3.8, 4) is 0 Å². The van der Waals surface area contributed by atoms with Gasteiger partial charge in [0.1, 0.15) is 12.2 Å². The Morgan fingerprint density at radius 3 is 2.23 bits per heavy atom. The summed E-state index contributed by atoms with van der Waals surface area (Å²) in [5.74, 6) is -0.473. The average molecular weight is 228 g/mol. The van der Waals surface area contributed by atoms with Crippen LogP contribution in [0.25, 0.3) is 0 Å². The fourth-order valence-corrected chi connectivity index (χ4v) is 0.635. The molecule has 0 aromatic heterocycles. The second-order valence-corrected chi connectivity index (χ2v) is 2.78. The van der Waals surface area contributed by atoms with E-state index < -0.39 is 5.97 Å². The molecule has 1 atom stereocenters. The summed E-state index contributed by atoms with van der Waals surface area (Å²) in [6.07, 6.45) is 1.02. The van der Waals surface area contributed by atoms with Gasteiger partial charge in [0.05, 0.1) is 6.10 Å². The second-order valence-electron chi connectivity index (χ2n) is 2.78. The minimum Gasteiger partial charge on any atom is -0.462 e. The third-order valence-electron chi connectivity index (χ3n) is 1.64. The maximum Gasteiger partial charge on any atom is 0.313 e. The first kappa shape index (κ1) is 15.1. The van der Waals surface area contributed by atoms with Crippen LogP contribution in [-0.4, -0.2) is 17.9 Å². The number of carbonyl (C=O) groups is 2. The molecule has 0 saturated heterocycles. The maximum atomic E-state index is 10.9. The number of carbonyl (C=O) groups excluding carboxylic acids is 2. The van der Waals surface area contributed by atoms with Crippen molar-refractivity contribution in [2.75, 3.05) is 0 Å². The van der Waals surface area contributed by atoms with Crippen molar-refractivity contribution in [2.45, 2.75) is 46.1 Å². The molecule has 0 rings (SSSR count). The number of Topliss-reactive ketones (excluding diaryl/α,β-unsaturated/α-hetero) is 1. The molecule has 0 aliphatic heterocycles. The van der Waals surface area contributed by atoms with E-state index in [-0.39, 0.29) is 35.4 Å². The Balaban J connectivity index is 0. The molecule has 1 unspecified atom stereocenters. The van der Waals surface area contributed by atoms with Crippen molar-refractivity contribution in [3.05, 3.63) is 0 Å². The summed E-state index contributed by atoms with van der Waals surface area (Å²) in [4.78, 5) is 21.7. The molecule has 0 saturated carbocycles. The van der Waals surface area contributed by atoms with E-state index in [1.807, 2.05) is 13.8 Å². The summed E-state index contributed by atoms with van der Waals surface area (Å²) in [5.41, 5.74) is 0. The molecule has 0 bridgehead atoms. The van der Waals surface area contributed by atoms with Gasteiger partial charge in [-0.3, -0.25) is 9.59 Å². The number of esters is 1. The first-order chi connectivity index (χ1) is 5.60. The predicted molar refractivity (Wildman–Crippen MR) is 45.8 cm³/mol. The van der Waals surface area contributed by atoms with Crippen LogP contribution >= 0.6 is 0 Å². The average Bonchev–Trinajstić information content (AvgIpc) is 2.03. The van der Waals surface area contributed by atoms with Gasteiger partial charge in [0.2, 0.25) is 0 Å². The van der Waals surface area contributed by atoms with Crippen LogP contribution in [-0.2, 0) is 31.4 Å². The number of ketones is 1. The first-order valence-corrected chi connectivity index (χ1v) is 4.31. The summed E-state index contributed by atoms with van der Waals surface area (Å²) in [5, 5.41) is 0. The number of ether oxygens (including phenoxy) is 1. The van der Waals surface area contributed by atoms with Gasteiger partial charge >= 0.3 is 5.97 Å². The Hall–Kier alpha value is -0.341. The number of rotatable bonds is 5. The summed E-state index contributed by atoms with van der Waals surface area (Å²) < 4.78 is 4.91. The first-order valence-electron chi connectivity index (χ1n) is 4.31. The molecule has 78 valence electrons. The van der Waals surface area contributed by atoms with Gasteiger partial charge in [-0.15, -0.1) is 0 Å². The zero-order valence-corrected chi connectivity index (χ0v) is 9.38. The largest absolute Gasteiger partial charge is 0.462 e. The van der Waals surface area contributed by atoms with E-state index in [0.29, 0.717) is 6.42 Å². The van der Waals surface area contributed by atoms with Crippen molar-refractivity contribution in [2.24, 2.45) is 0 Å². The molecule has 13 heavy (non-hydrogen) atoms. The maximum absolute atomic E-state index is 10.9.